The Morgan fingerprint density at radius 2 is 2.11 bits per heavy atom. The van der Waals surface area contributed by atoms with Crippen molar-refractivity contribution < 1.29 is 4.79 Å². The van der Waals surface area contributed by atoms with E-state index in [1.807, 2.05) is 24.3 Å². The molecule has 0 aromatic heterocycles. The van der Waals surface area contributed by atoms with E-state index >= 15 is 0 Å². The highest BCUT2D eigenvalue weighted by Crippen LogP contribution is 2.17. The number of benzene rings is 1. The molecular formula is C14H21ClN2O. The summed E-state index contributed by atoms with van der Waals surface area (Å²) < 4.78 is 0. The third-order valence-electron chi connectivity index (χ3n) is 2.89. The molecule has 0 spiro atoms. The van der Waals surface area contributed by atoms with Crippen LogP contribution in [0.2, 0.25) is 5.02 Å². The summed E-state index contributed by atoms with van der Waals surface area (Å²) >= 11 is 6.07. The van der Waals surface area contributed by atoms with Crippen molar-refractivity contribution in [3.8, 4) is 0 Å². The van der Waals surface area contributed by atoms with Crippen molar-refractivity contribution in [1.29, 1.82) is 0 Å². The SMILES string of the molecule is CCCC(N)CC(=O)N(C)Cc1ccccc1Cl. The maximum atomic E-state index is 11.9. The molecule has 0 saturated carbocycles. The highest BCUT2D eigenvalue weighted by atomic mass is 35.5. The van der Waals surface area contributed by atoms with Gasteiger partial charge in [-0.2, -0.15) is 0 Å². The van der Waals surface area contributed by atoms with Crippen LogP contribution in [-0.2, 0) is 11.3 Å². The lowest BCUT2D eigenvalue weighted by Crippen LogP contribution is -2.33. The maximum absolute atomic E-state index is 11.9. The van der Waals surface area contributed by atoms with Crippen LogP contribution in [0, 0.1) is 0 Å². The monoisotopic (exact) mass is 268 g/mol. The van der Waals surface area contributed by atoms with Gasteiger partial charge in [0, 0.05) is 31.1 Å². The van der Waals surface area contributed by atoms with E-state index in [9.17, 15) is 4.79 Å². The maximum Gasteiger partial charge on any atom is 0.224 e. The molecule has 1 rings (SSSR count). The molecule has 0 aliphatic carbocycles. The zero-order valence-electron chi connectivity index (χ0n) is 11.0. The van der Waals surface area contributed by atoms with Gasteiger partial charge < -0.3 is 10.6 Å². The summed E-state index contributed by atoms with van der Waals surface area (Å²) in [5, 5.41) is 0.690. The molecule has 1 atom stereocenters. The minimum atomic E-state index is -0.0452. The summed E-state index contributed by atoms with van der Waals surface area (Å²) in [6.45, 7) is 2.59. The number of hydrogen-bond donors (Lipinski definition) is 1. The van der Waals surface area contributed by atoms with E-state index in [1.165, 1.54) is 0 Å². The van der Waals surface area contributed by atoms with Crippen molar-refractivity contribution in [2.75, 3.05) is 7.05 Å². The average Bonchev–Trinajstić information content (AvgIpc) is 2.32. The molecule has 0 bridgehead atoms. The molecule has 0 radical (unpaired) electrons. The molecule has 4 heteroatoms. The van der Waals surface area contributed by atoms with Crippen molar-refractivity contribution in [2.45, 2.75) is 38.8 Å². The Balaban J connectivity index is 2.52. The lowest BCUT2D eigenvalue weighted by atomic mass is 10.1. The number of halogens is 1. The summed E-state index contributed by atoms with van der Waals surface area (Å²) in [6.07, 6.45) is 2.28. The molecular weight excluding hydrogens is 248 g/mol. The van der Waals surface area contributed by atoms with Gasteiger partial charge in [-0.25, -0.2) is 0 Å². The van der Waals surface area contributed by atoms with Crippen LogP contribution in [0.15, 0.2) is 24.3 Å². The number of rotatable bonds is 6. The minimum Gasteiger partial charge on any atom is -0.341 e. The first kappa shape index (κ1) is 15.0. The van der Waals surface area contributed by atoms with Crippen molar-refractivity contribution >= 4 is 17.5 Å². The van der Waals surface area contributed by atoms with Crippen molar-refractivity contribution in [2.24, 2.45) is 5.73 Å². The predicted molar refractivity (Wildman–Crippen MR) is 75.4 cm³/mol. The molecule has 1 aromatic rings. The Kier molecular flexibility index (Phi) is 6.16. The van der Waals surface area contributed by atoms with Crippen LogP contribution in [0.4, 0.5) is 0 Å². The zero-order chi connectivity index (χ0) is 13.5. The molecule has 2 N–H and O–H groups in total. The van der Waals surface area contributed by atoms with Crippen molar-refractivity contribution in [3.63, 3.8) is 0 Å². The molecule has 0 fully saturated rings. The Morgan fingerprint density at radius 3 is 2.72 bits per heavy atom. The second kappa shape index (κ2) is 7.39. The topological polar surface area (TPSA) is 46.3 Å². The summed E-state index contributed by atoms with van der Waals surface area (Å²) in [7, 11) is 1.78. The van der Waals surface area contributed by atoms with Gasteiger partial charge in [-0.3, -0.25) is 4.79 Å². The first-order valence-corrected chi connectivity index (χ1v) is 6.65. The number of carbonyl (C=O) groups is 1. The summed E-state index contributed by atoms with van der Waals surface area (Å²) in [5.74, 6) is 0.0656. The van der Waals surface area contributed by atoms with E-state index < -0.39 is 0 Å². The van der Waals surface area contributed by atoms with Gasteiger partial charge in [0.15, 0.2) is 0 Å². The van der Waals surface area contributed by atoms with E-state index in [-0.39, 0.29) is 11.9 Å². The summed E-state index contributed by atoms with van der Waals surface area (Å²) in [5.41, 5.74) is 6.83. The average molecular weight is 269 g/mol. The van der Waals surface area contributed by atoms with Gasteiger partial charge in [-0.1, -0.05) is 43.1 Å². The van der Waals surface area contributed by atoms with Gasteiger partial charge in [-0.15, -0.1) is 0 Å². The number of amides is 1. The smallest absolute Gasteiger partial charge is 0.224 e. The van der Waals surface area contributed by atoms with Crippen LogP contribution < -0.4 is 5.73 Å². The van der Waals surface area contributed by atoms with Crippen LogP contribution in [0.25, 0.3) is 0 Å². The zero-order valence-corrected chi connectivity index (χ0v) is 11.8. The second-order valence-electron chi connectivity index (χ2n) is 4.59. The minimum absolute atomic E-state index is 0.0452. The second-order valence-corrected chi connectivity index (χ2v) is 5.00. The van der Waals surface area contributed by atoms with Crippen molar-refractivity contribution in [1.82, 2.24) is 4.90 Å². The molecule has 0 saturated heterocycles. The fourth-order valence-electron chi connectivity index (χ4n) is 1.82. The summed E-state index contributed by atoms with van der Waals surface area (Å²) in [4.78, 5) is 13.6. The molecule has 0 aliphatic rings. The van der Waals surface area contributed by atoms with Crippen LogP contribution in [-0.4, -0.2) is 23.9 Å². The van der Waals surface area contributed by atoms with E-state index in [2.05, 4.69) is 6.92 Å². The van der Waals surface area contributed by atoms with Gasteiger partial charge in [0.25, 0.3) is 0 Å². The normalized spacial score (nSPS) is 12.2. The van der Waals surface area contributed by atoms with E-state index in [0.717, 1.165) is 18.4 Å². The quantitative estimate of drug-likeness (QED) is 0.862. The predicted octanol–water partition coefficient (Wildman–Crippen LogP) is 2.82. The molecule has 0 heterocycles. The number of carbonyl (C=O) groups excluding carboxylic acids is 1. The number of nitrogens with two attached hydrogens (primary N) is 1. The molecule has 1 aromatic carbocycles. The Morgan fingerprint density at radius 1 is 1.44 bits per heavy atom. The Hall–Kier alpha value is -1.06. The molecule has 100 valence electrons. The van der Waals surface area contributed by atoms with Crippen molar-refractivity contribution in [3.05, 3.63) is 34.9 Å². The molecule has 3 nitrogen and oxygen atoms in total. The van der Waals surface area contributed by atoms with E-state index in [1.54, 1.807) is 11.9 Å². The van der Waals surface area contributed by atoms with Crippen LogP contribution in [0.5, 0.6) is 0 Å². The van der Waals surface area contributed by atoms with Gasteiger partial charge in [0.05, 0.1) is 0 Å². The Bertz CT molecular complexity index is 395. The van der Waals surface area contributed by atoms with Crippen LogP contribution in [0.3, 0.4) is 0 Å². The fourth-order valence-corrected chi connectivity index (χ4v) is 2.02. The van der Waals surface area contributed by atoms with Crippen LogP contribution >= 0.6 is 11.6 Å². The van der Waals surface area contributed by atoms with Crippen LogP contribution in [0.1, 0.15) is 31.7 Å². The lowest BCUT2D eigenvalue weighted by molar-refractivity contribution is -0.130. The molecule has 18 heavy (non-hydrogen) atoms. The molecule has 1 unspecified atom stereocenters. The fraction of sp³-hybridized carbons (Fsp3) is 0.500. The van der Waals surface area contributed by atoms with Gasteiger partial charge in [-0.05, 0) is 18.1 Å². The highest BCUT2D eigenvalue weighted by molar-refractivity contribution is 6.31. The first-order valence-electron chi connectivity index (χ1n) is 6.27. The van der Waals surface area contributed by atoms with Gasteiger partial charge in [0.2, 0.25) is 5.91 Å². The van der Waals surface area contributed by atoms with Gasteiger partial charge >= 0.3 is 0 Å². The lowest BCUT2D eigenvalue weighted by Gasteiger charge is -2.20. The molecule has 0 aliphatic heterocycles. The largest absolute Gasteiger partial charge is 0.341 e. The number of nitrogens with zero attached hydrogens (tertiary/aromatic N) is 1. The first-order chi connectivity index (χ1) is 8.54. The third kappa shape index (κ3) is 4.67. The highest BCUT2D eigenvalue weighted by Gasteiger charge is 2.14. The van der Waals surface area contributed by atoms with E-state index in [0.29, 0.717) is 18.0 Å². The summed E-state index contributed by atoms with van der Waals surface area (Å²) in [6, 6.07) is 7.51. The Labute approximate surface area is 114 Å². The van der Waals surface area contributed by atoms with Gasteiger partial charge in [0.1, 0.15) is 0 Å². The standard InChI is InChI=1S/C14H21ClN2O/c1-3-6-12(16)9-14(18)17(2)10-11-7-4-5-8-13(11)15/h4-5,7-8,12H,3,6,9-10,16H2,1-2H3. The van der Waals surface area contributed by atoms with E-state index in [4.69, 9.17) is 17.3 Å². The third-order valence-corrected chi connectivity index (χ3v) is 3.26. The molecule has 1 amide bonds. The number of hydrogen-bond acceptors (Lipinski definition) is 2.